The molecular weight excluding hydrogens is 272 g/mol. The highest BCUT2D eigenvalue weighted by Crippen LogP contribution is 2.28. The number of halogens is 1. The average Bonchev–Trinajstić information content (AvgIpc) is 2.67. The first-order valence-electron chi connectivity index (χ1n) is 5.00. The van der Waals surface area contributed by atoms with Crippen molar-refractivity contribution in [2.45, 2.75) is 13.2 Å². The Morgan fingerprint density at radius 2 is 2.31 bits per heavy atom. The SMILES string of the molecule is COCc1ccc2cnn(CCO)c2c1Br. The largest absolute Gasteiger partial charge is 0.394 e. The molecule has 2 rings (SSSR count). The van der Waals surface area contributed by atoms with Crippen LogP contribution in [-0.2, 0) is 17.9 Å². The smallest absolute Gasteiger partial charge is 0.0829 e. The predicted molar refractivity (Wildman–Crippen MR) is 65.2 cm³/mol. The summed E-state index contributed by atoms with van der Waals surface area (Å²) in [4.78, 5) is 0. The lowest BCUT2D eigenvalue weighted by molar-refractivity contribution is 0.184. The van der Waals surface area contributed by atoms with E-state index >= 15 is 0 Å². The standard InChI is InChI=1S/C11H13BrN2O2/c1-16-7-9-3-2-8-6-13-14(4-5-15)11(8)10(9)12/h2-3,6,15H,4-5,7H2,1H3. The molecule has 1 aromatic heterocycles. The maximum atomic E-state index is 8.96. The van der Waals surface area contributed by atoms with Gasteiger partial charge >= 0.3 is 0 Å². The van der Waals surface area contributed by atoms with Gasteiger partial charge in [0.25, 0.3) is 0 Å². The van der Waals surface area contributed by atoms with Crippen molar-refractivity contribution in [1.82, 2.24) is 9.78 Å². The van der Waals surface area contributed by atoms with Crippen molar-refractivity contribution in [3.8, 4) is 0 Å². The van der Waals surface area contributed by atoms with Gasteiger partial charge in [0.15, 0.2) is 0 Å². The third-order valence-corrected chi connectivity index (χ3v) is 3.32. The number of aromatic nitrogens is 2. The van der Waals surface area contributed by atoms with Crippen LogP contribution in [0.1, 0.15) is 5.56 Å². The van der Waals surface area contributed by atoms with Crippen LogP contribution in [0.4, 0.5) is 0 Å². The van der Waals surface area contributed by atoms with Crippen LogP contribution in [0.15, 0.2) is 22.8 Å². The second kappa shape index (κ2) is 4.95. The predicted octanol–water partition coefficient (Wildman–Crippen LogP) is 1.94. The fraction of sp³-hybridized carbons (Fsp3) is 0.364. The Bertz CT molecular complexity index is 496. The Morgan fingerprint density at radius 1 is 1.50 bits per heavy atom. The van der Waals surface area contributed by atoms with Gasteiger partial charge in [0.2, 0.25) is 0 Å². The minimum absolute atomic E-state index is 0.0811. The summed E-state index contributed by atoms with van der Waals surface area (Å²) in [6, 6.07) is 4.02. The Kier molecular flexibility index (Phi) is 3.58. The summed E-state index contributed by atoms with van der Waals surface area (Å²) in [5, 5.41) is 14.2. The highest BCUT2D eigenvalue weighted by Gasteiger charge is 2.10. The van der Waals surface area contributed by atoms with Crippen molar-refractivity contribution >= 4 is 26.8 Å². The van der Waals surface area contributed by atoms with E-state index in [-0.39, 0.29) is 6.61 Å². The second-order valence-corrected chi connectivity index (χ2v) is 4.29. The van der Waals surface area contributed by atoms with Crippen LogP contribution in [0.5, 0.6) is 0 Å². The number of methoxy groups -OCH3 is 1. The molecule has 0 unspecified atom stereocenters. The number of benzene rings is 1. The summed E-state index contributed by atoms with van der Waals surface area (Å²) in [7, 11) is 1.67. The van der Waals surface area contributed by atoms with E-state index in [2.05, 4.69) is 21.0 Å². The Morgan fingerprint density at radius 3 is 3.00 bits per heavy atom. The highest BCUT2D eigenvalue weighted by atomic mass is 79.9. The van der Waals surface area contributed by atoms with Crippen molar-refractivity contribution in [3.05, 3.63) is 28.4 Å². The van der Waals surface area contributed by atoms with Crippen LogP contribution in [0, 0.1) is 0 Å². The fourth-order valence-electron chi connectivity index (χ4n) is 1.71. The average molecular weight is 285 g/mol. The van der Waals surface area contributed by atoms with Gasteiger partial charge in [0, 0.05) is 17.0 Å². The Labute approximate surface area is 102 Å². The van der Waals surface area contributed by atoms with Gasteiger partial charge in [-0.1, -0.05) is 12.1 Å². The molecule has 0 atom stereocenters. The molecule has 0 aliphatic heterocycles. The molecule has 1 aromatic carbocycles. The molecule has 0 aliphatic rings. The van der Waals surface area contributed by atoms with Gasteiger partial charge in [-0.25, -0.2) is 0 Å². The van der Waals surface area contributed by atoms with Crippen LogP contribution >= 0.6 is 15.9 Å². The monoisotopic (exact) mass is 284 g/mol. The highest BCUT2D eigenvalue weighted by molar-refractivity contribution is 9.10. The number of rotatable bonds is 4. The molecule has 1 N–H and O–H groups in total. The van der Waals surface area contributed by atoms with Crippen molar-refractivity contribution in [1.29, 1.82) is 0 Å². The molecule has 0 bridgehead atoms. The lowest BCUT2D eigenvalue weighted by Crippen LogP contribution is -2.04. The van der Waals surface area contributed by atoms with Gasteiger partial charge in [0.1, 0.15) is 0 Å². The van der Waals surface area contributed by atoms with Crippen LogP contribution in [0.3, 0.4) is 0 Å². The van der Waals surface area contributed by atoms with Gasteiger partial charge in [0.05, 0.1) is 31.5 Å². The molecule has 0 spiro atoms. The summed E-state index contributed by atoms with van der Waals surface area (Å²) in [5.41, 5.74) is 2.08. The Balaban J connectivity index is 2.55. The van der Waals surface area contributed by atoms with E-state index in [0.29, 0.717) is 13.2 Å². The number of nitrogens with zero attached hydrogens (tertiary/aromatic N) is 2. The van der Waals surface area contributed by atoms with E-state index in [1.165, 1.54) is 0 Å². The van der Waals surface area contributed by atoms with Crippen LogP contribution in [0.2, 0.25) is 0 Å². The molecule has 0 saturated heterocycles. The first-order valence-corrected chi connectivity index (χ1v) is 5.80. The summed E-state index contributed by atoms with van der Waals surface area (Å²) < 4.78 is 7.90. The molecule has 2 aromatic rings. The van der Waals surface area contributed by atoms with Crippen molar-refractivity contribution < 1.29 is 9.84 Å². The first-order chi connectivity index (χ1) is 7.77. The van der Waals surface area contributed by atoms with Crippen LogP contribution in [0.25, 0.3) is 10.9 Å². The third-order valence-electron chi connectivity index (χ3n) is 2.43. The van der Waals surface area contributed by atoms with E-state index in [1.807, 2.05) is 12.1 Å². The molecule has 1 heterocycles. The third kappa shape index (κ3) is 1.98. The normalized spacial score (nSPS) is 11.2. The summed E-state index contributed by atoms with van der Waals surface area (Å²) in [6.07, 6.45) is 1.80. The van der Waals surface area contributed by atoms with Gasteiger partial charge in [-0.15, -0.1) is 0 Å². The van der Waals surface area contributed by atoms with E-state index in [9.17, 15) is 0 Å². The van der Waals surface area contributed by atoms with Crippen molar-refractivity contribution in [3.63, 3.8) is 0 Å². The maximum Gasteiger partial charge on any atom is 0.0829 e. The van der Waals surface area contributed by atoms with Crippen LogP contribution in [-0.4, -0.2) is 28.6 Å². The van der Waals surface area contributed by atoms with Gasteiger partial charge in [-0.2, -0.15) is 5.10 Å². The molecular formula is C11H13BrN2O2. The molecule has 4 nitrogen and oxygen atoms in total. The summed E-state index contributed by atoms with van der Waals surface area (Å²) >= 11 is 3.56. The molecule has 0 radical (unpaired) electrons. The maximum absolute atomic E-state index is 8.96. The first kappa shape index (κ1) is 11.6. The molecule has 0 amide bonds. The zero-order valence-electron chi connectivity index (χ0n) is 8.98. The Hall–Kier alpha value is -0.910. The van der Waals surface area contributed by atoms with Crippen molar-refractivity contribution in [2.24, 2.45) is 0 Å². The van der Waals surface area contributed by atoms with E-state index in [4.69, 9.17) is 9.84 Å². The van der Waals surface area contributed by atoms with E-state index in [1.54, 1.807) is 18.0 Å². The quantitative estimate of drug-likeness (QED) is 0.933. The van der Waals surface area contributed by atoms with Gasteiger partial charge in [-0.3, -0.25) is 4.68 Å². The number of hydrogen-bond acceptors (Lipinski definition) is 3. The van der Waals surface area contributed by atoms with Crippen LogP contribution < -0.4 is 0 Å². The second-order valence-electron chi connectivity index (χ2n) is 3.50. The molecule has 0 saturated carbocycles. The summed E-state index contributed by atoms with van der Waals surface area (Å²) in [5.74, 6) is 0. The molecule has 86 valence electrons. The van der Waals surface area contributed by atoms with E-state index < -0.39 is 0 Å². The zero-order valence-corrected chi connectivity index (χ0v) is 10.6. The summed E-state index contributed by atoms with van der Waals surface area (Å²) in [6.45, 7) is 1.14. The molecule has 5 heteroatoms. The lowest BCUT2D eigenvalue weighted by Gasteiger charge is -2.07. The number of ether oxygens (including phenoxy) is 1. The molecule has 0 aliphatic carbocycles. The number of aliphatic hydroxyl groups excluding tert-OH is 1. The topological polar surface area (TPSA) is 47.3 Å². The van der Waals surface area contributed by atoms with Gasteiger partial charge < -0.3 is 9.84 Å². The number of aliphatic hydroxyl groups is 1. The molecule has 16 heavy (non-hydrogen) atoms. The zero-order chi connectivity index (χ0) is 11.5. The number of hydrogen-bond donors (Lipinski definition) is 1. The minimum Gasteiger partial charge on any atom is -0.394 e. The number of fused-ring (bicyclic) bond motifs is 1. The minimum atomic E-state index is 0.0811. The van der Waals surface area contributed by atoms with Gasteiger partial charge in [-0.05, 0) is 21.5 Å². The fourth-order valence-corrected chi connectivity index (χ4v) is 2.39. The molecule has 0 fully saturated rings. The van der Waals surface area contributed by atoms with E-state index in [0.717, 1.165) is 20.9 Å². The van der Waals surface area contributed by atoms with Crippen molar-refractivity contribution in [2.75, 3.05) is 13.7 Å². The lowest BCUT2D eigenvalue weighted by atomic mass is 10.2.